The van der Waals surface area contributed by atoms with E-state index in [0.29, 0.717) is 5.02 Å². The van der Waals surface area contributed by atoms with Crippen LogP contribution in [-0.2, 0) is 14.8 Å². The van der Waals surface area contributed by atoms with Crippen molar-refractivity contribution in [2.75, 3.05) is 31.2 Å². The van der Waals surface area contributed by atoms with E-state index in [1.165, 1.54) is 24.4 Å². The van der Waals surface area contributed by atoms with Crippen LogP contribution in [0.15, 0.2) is 30.0 Å². The van der Waals surface area contributed by atoms with E-state index in [4.69, 9.17) is 11.6 Å². The number of halogens is 1. The zero-order valence-electron chi connectivity index (χ0n) is 15.3. The van der Waals surface area contributed by atoms with Crippen LogP contribution in [0, 0.1) is 5.92 Å². The van der Waals surface area contributed by atoms with E-state index in [-0.39, 0.29) is 35.1 Å². The van der Waals surface area contributed by atoms with Crippen molar-refractivity contribution in [1.29, 1.82) is 0 Å². The van der Waals surface area contributed by atoms with Gasteiger partial charge in [-0.25, -0.2) is 8.42 Å². The Morgan fingerprint density at radius 1 is 1.27 bits per heavy atom. The number of allylic oxidation sites excluding steroid dienone is 1. The Balaban J connectivity index is 2.59. The molecule has 1 aromatic carbocycles. The molecule has 1 aliphatic rings. The van der Waals surface area contributed by atoms with E-state index in [9.17, 15) is 18.0 Å². The maximum absolute atomic E-state index is 13.2. The lowest BCUT2D eigenvalue weighted by atomic mass is 9.97. The van der Waals surface area contributed by atoms with Gasteiger partial charge in [0.25, 0.3) is 0 Å². The first-order valence-electron chi connectivity index (χ1n) is 8.30. The van der Waals surface area contributed by atoms with Crippen molar-refractivity contribution in [2.45, 2.75) is 19.8 Å². The van der Waals surface area contributed by atoms with Crippen LogP contribution in [0.2, 0.25) is 5.02 Å². The van der Waals surface area contributed by atoms with Crippen LogP contribution in [0.3, 0.4) is 0 Å². The van der Waals surface area contributed by atoms with Gasteiger partial charge in [0.1, 0.15) is 0 Å². The van der Waals surface area contributed by atoms with Crippen LogP contribution < -0.4 is 4.31 Å². The van der Waals surface area contributed by atoms with Gasteiger partial charge in [0.15, 0.2) is 11.6 Å². The molecular weight excluding hydrogens is 376 g/mol. The van der Waals surface area contributed by atoms with Crippen molar-refractivity contribution < 1.29 is 18.0 Å². The van der Waals surface area contributed by atoms with Crippen LogP contribution in [0.5, 0.6) is 0 Å². The summed E-state index contributed by atoms with van der Waals surface area (Å²) in [6.07, 6.45) is 4.11. The topological polar surface area (TPSA) is 74.8 Å². The minimum Gasteiger partial charge on any atom is -0.383 e. The van der Waals surface area contributed by atoms with E-state index in [1.54, 1.807) is 25.9 Å². The lowest BCUT2D eigenvalue weighted by molar-refractivity contribution is -0.116. The lowest BCUT2D eigenvalue weighted by Gasteiger charge is -2.23. The highest BCUT2D eigenvalue weighted by Crippen LogP contribution is 2.35. The van der Waals surface area contributed by atoms with E-state index >= 15 is 0 Å². The first-order chi connectivity index (χ1) is 12.1. The summed E-state index contributed by atoms with van der Waals surface area (Å²) in [4.78, 5) is 27.4. The highest BCUT2D eigenvalue weighted by atomic mass is 35.5. The minimum atomic E-state index is -3.61. The normalized spacial score (nSPS) is 14.9. The van der Waals surface area contributed by atoms with Crippen LogP contribution in [0.4, 0.5) is 5.69 Å². The molecule has 0 bridgehead atoms. The summed E-state index contributed by atoms with van der Waals surface area (Å²) in [5.74, 6) is -0.825. The quantitative estimate of drug-likeness (QED) is 0.291. The molecule has 1 saturated carbocycles. The number of ketones is 2. The molecule has 1 aliphatic carbocycles. The van der Waals surface area contributed by atoms with Crippen molar-refractivity contribution in [3.63, 3.8) is 0 Å². The Morgan fingerprint density at radius 3 is 2.35 bits per heavy atom. The molecule has 0 radical (unpaired) electrons. The van der Waals surface area contributed by atoms with Crippen LogP contribution in [-0.4, -0.2) is 51.8 Å². The molecule has 0 atom stereocenters. The Bertz CT molecular complexity index is 858. The summed E-state index contributed by atoms with van der Waals surface area (Å²) in [5.41, 5.74) is 0.384. The number of carbonyl (C=O) groups is 2. The van der Waals surface area contributed by atoms with Gasteiger partial charge in [-0.15, -0.1) is 0 Å². The average Bonchev–Trinajstić information content (AvgIpc) is 3.35. The summed E-state index contributed by atoms with van der Waals surface area (Å²) in [7, 11) is -0.152. The second kappa shape index (κ2) is 7.80. The van der Waals surface area contributed by atoms with Crippen LogP contribution in [0.1, 0.15) is 30.1 Å². The van der Waals surface area contributed by atoms with Gasteiger partial charge in [-0.05, 0) is 38.0 Å². The largest absolute Gasteiger partial charge is 0.383 e. The van der Waals surface area contributed by atoms with Crippen LogP contribution >= 0.6 is 11.6 Å². The SMILES string of the molecule is CCN(c1cc(Cl)ccc1C(=O)C(=CN(C)C)C(=O)C1CC1)S(C)(=O)=O. The van der Waals surface area contributed by atoms with E-state index in [2.05, 4.69) is 0 Å². The molecule has 0 N–H and O–H groups in total. The molecule has 0 unspecified atom stereocenters. The van der Waals surface area contributed by atoms with E-state index < -0.39 is 15.8 Å². The number of nitrogens with zero attached hydrogens (tertiary/aromatic N) is 2. The molecule has 0 aliphatic heterocycles. The van der Waals surface area contributed by atoms with Crippen LogP contribution in [0.25, 0.3) is 0 Å². The Kier molecular flexibility index (Phi) is 6.13. The molecule has 2 rings (SSSR count). The molecule has 0 saturated heterocycles. The minimum absolute atomic E-state index is 0.0608. The Hall–Kier alpha value is -1.86. The Morgan fingerprint density at radius 2 is 1.88 bits per heavy atom. The van der Waals surface area contributed by atoms with Gasteiger partial charge in [-0.1, -0.05) is 11.6 Å². The zero-order chi connectivity index (χ0) is 19.6. The van der Waals surface area contributed by atoms with Gasteiger partial charge in [0.05, 0.1) is 17.5 Å². The number of carbonyl (C=O) groups excluding carboxylic acids is 2. The number of hydrogen-bond acceptors (Lipinski definition) is 5. The molecule has 0 spiro atoms. The lowest BCUT2D eigenvalue weighted by Crippen LogP contribution is -2.31. The molecule has 8 heteroatoms. The van der Waals surface area contributed by atoms with Gasteiger partial charge in [-0.3, -0.25) is 13.9 Å². The fourth-order valence-corrected chi connectivity index (χ4v) is 3.83. The number of Topliss-reactive ketones (excluding diaryl/α,β-unsaturated/α-hetero) is 2. The zero-order valence-corrected chi connectivity index (χ0v) is 16.9. The smallest absolute Gasteiger partial charge is 0.232 e. The number of anilines is 1. The summed E-state index contributed by atoms with van der Waals surface area (Å²) in [6, 6.07) is 4.43. The van der Waals surface area contributed by atoms with Gasteiger partial charge in [0.2, 0.25) is 10.0 Å². The molecule has 1 fully saturated rings. The second-order valence-electron chi connectivity index (χ2n) is 6.56. The third-order valence-electron chi connectivity index (χ3n) is 4.01. The molecule has 6 nitrogen and oxygen atoms in total. The molecular formula is C18H23ClN2O4S. The molecule has 26 heavy (non-hydrogen) atoms. The fraction of sp³-hybridized carbons (Fsp3) is 0.444. The predicted octanol–water partition coefficient (Wildman–Crippen LogP) is 2.73. The summed E-state index contributed by atoms with van der Waals surface area (Å²) < 4.78 is 25.4. The van der Waals surface area contributed by atoms with E-state index in [0.717, 1.165) is 23.4 Å². The maximum Gasteiger partial charge on any atom is 0.232 e. The summed E-state index contributed by atoms with van der Waals surface area (Å²) >= 11 is 6.04. The molecule has 142 valence electrons. The number of sulfonamides is 1. The number of hydrogen-bond donors (Lipinski definition) is 0. The van der Waals surface area contributed by atoms with Crippen molar-refractivity contribution in [3.05, 3.63) is 40.6 Å². The van der Waals surface area contributed by atoms with Gasteiger partial charge >= 0.3 is 0 Å². The maximum atomic E-state index is 13.2. The highest BCUT2D eigenvalue weighted by Gasteiger charge is 2.36. The first-order valence-corrected chi connectivity index (χ1v) is 10.5. The predicted molar refractivity (Wildman–Crippen MR) is 103 cm³/mol. The second-order valence-corrected chi connectivity index (χ2v) is 8.91. The van der Waals surface area contributed by atoms with Gasteiger partial charge in [-0.2, -0.15) is 0 Å². The first kappa shape index (κ1) is 20.5. The highest BCUT2D eigenvalue weighted by molar-refractivity contribution is 7.92. The monoisotopic (exact) mass is 398 g/mol. The van der Waals surface area contributed by atoms with Gasteiger partial charge in [0, 0.05) is 43.3 Å². The molecule has 0 aromatic heterocycles. The molecule has 1 aromatic rings. The Labute approximate surface area is 159 Å². The molecule has 0 amide bonds. The third-order valence-corrected chi connectivity index (χ3v) is 5.50. The van der Waals surface area contributed by atoms with Crippen molar-refractivity contribution in [2.24, 2.45) is 5.92 Å². The summed E-state index contributed by atoms with van der Waals surface area (Å²) in [6.45, 7) is 1.81. The van der Waals surface area contributed by atoms with Crippen molar-refractivity contribution in [1.82, 2.24) is 4.90 Å². The summed E-state index contributed by atoms with van der Waals surface area (Å²) in [5, 5.41) is 0.310. The number of rotatable bonds is 8. The third kappa shape index (κ3) is 4.65. The average molecular weight is 399 g/mol. The molecule has 0 heterocycles. The number of benzene rings is 1. The van der Waals surface area contributed by atoms with Crippen molar-refractivity contribution in [3.8, 4) is 0 Å². The van der Waals surface area contributed by atoms with Crippen molar-refractivity contribution >= 4 is 38.9 Å². The fourth-order valence-electron chi connectivity index (χ4n) is 2.69. The van der Waals surface area contributed by atoms with E-state index in [1.807, 2.05) is 0 Å². The standard InChI is InChI=1S/C18H23ClN2O4S/c1-5-21(26(4,24)25)16-10-13(19)8-9-14(16)18(23)15(11-20(2)3)17(22)12-6-7-12/h8-12H,5-7H2,1-4H3. The van der Waals surface area contributed by atoms with Gasteiger partial charge < -0.3 is 4.90 Å².